The Morgan fingerprint density at radius 3 is 2.67 bits per heavy atom. The summed E-state index contributed by atoms with van der Waals surface area (Å²) in [6.07, 6.45) is 0. The van der Waals surface area contributed by atoms with Crippen LogP contribution >= 0.6 is 11.6 Å². The minimum Gasteiger partial charge on any atom is -0.322 e. The van der Waals surface area contributed by atoms with E-state index in [2.05, 4.69) is 4.98 Å². The highest BCUT2D eigenvalue weighted by Gasteiger charge is 2.16. The fourth-order valence-electron chi connectivity index (χ4n) is 2.38. The summed E-state index contributed by atoms with van der Waals surface area (Å²) in [4.78, 5) is 4.42. The van der Waals surface area contributed by atoms with Gasteiger partial charge in [-0.3, -0.25) is 0 Å². The number of halogens is 3. The minimum absolute atomic E-state index is 0.263. The molecule has 0 saturated carbocycles. The van der Waals surface area contributed by atoms with Crippen LogP contribution in [0.2, 0.25) is 0 Å². The van der Waals surface area contributed by atoms with Crippen LogP contribution < -0.4 is 0 Å². The van der Waals surface area contributed by atoms with Gasteiger partial charge >= 0.3 is 0 Å². The molecule has 2 aromatic carbocycles. The van der Waals surface area contributed by atoms with Crippen molar-refractivity contribution in [1.29, 1.82) is 0 Å². The van der Waals surface area contributed by atoms with Crippen molar-refractivity contribution in [3.8, 4) is 0 Å². The van der Waals surface area contributed by atoms with Gasteiger partial charge in [0, 0.05) is 5.56 Å². The fraction of sp³-hybridized carbons (Fsp3) is 0.188. The number of alkyl halides is 1. The molecule has 0 N–H and O–H groups in total. The Hall–Kier alpha value is -1.94. The standard InChI is InChI=1S/C16H13ClF2N2/c1-10(17)16-20-14-7-6-12(18)8-15(14)21(16)9-11-4-2-3-5-13(11)19/h2-8,10H,9H2,1H3. The van der Waals surface area contributed by atoms with Crippen LogP contribution in [0.3, 0.4) is 0 Å². The second-order valence-electron chi connectivity index (χ2n) is 4.90. The third-order valence-corrected chi connectivity index (χ3v) is 3.58. The number of hydrogen-bond donors (Lipinski definition) is 0. The summed E-state index contributed by atoms with van der Waals surface area (Å²) in [5.74, 6) is -0.0598. The van der Waals surface area contributed by atoms with Crippen molar-refractivity contribution in [2.45, 2.75) is 18.8 Å². The molecular weight excluding hydrogens is 294 g/mol. The molecule has 0 radical (unpaired) electrons. The first-order valence-corrected chi connectivity index (χ1v) is 7.03. The summed E-state index contributed by atoms with van der Waals surface area (Å²) in [7, 11) is 0. The lowest BCUT2D eigenvalue weighted by Gasteiger charge is -2.11. The molecule has 2 nitrogen and oxygen atoms in total. The van der Waals surface area contributed by atoms with Crippen LogP contribution in [0.15, 0.2) is 42.5 Å². The van der Waals surface area contributed by atoms with E-state index < -0.39 is 0 Å². The molecule has 1 heterocycles. The number of fused-ring (bicyclic) bond motifs is 1. The number of benzene rings is 2. The molecule has 3 aromatic rings. The molecule has 1 aromatic heterocycles. The summed E-state index contributed by atoms with van der Waals surface area (Å²) in [5.41, 5.74) is 1.77. The monoisotopic (exact) mass is 306 g/mol. The number of aromatic nitrogens is 2. The van der Waals surface area contributed by atoms with Crippen molar-refractivity contribution >= 4 is 22.6 Å². The third-order valence-electron chi connectivity index (χ3n) is 3.38. The smallest absolute Gasteiger partial charge is 0.128 e. The van der Waals surface area contributed by atoms with Crippen molar-refractivity contribution in [3.63, 3.8) is 0 Å². The summed E-state index contributed by atoms with van der Waals surface area (Å²) >= 11 is 6.15. The van der Waals surface area contributed by atoms with E-state index in [0.29, 0.717) is 22.4 Å². The lowest BCUT2D eigenvalue weighted by molar-refractivity contribution is 0.596. The first-order valence-electron chi connectivity index (χ1n) is 6.59. The van der Waals surface area contributed by atoms with Crippen LogP contribution in [0.25, 0.3) is 11.0 Å². The van der Waals surface area contributed by atoms with Crippen LogP contribution in [-0.4, -0.2) is 9.55 Å². The van der Waals surface area contributed by atoms with Gasteiger partial charge in [0.25, 0.3) is 0 Å². The van der Waals surface area contributed by atoms with E-state index in [4.69, 9.17) is 11.6 Å². The van der Waals surface area contributed by atoms with E-state index >= 15 is 0 Å². The Balaban J connectivity index is 2.17. The summed E-state index contributed by atoms with van der Waals surface area (Å²) < 4.78 is 29.1. The van der Waals surface area contributed by atoms with Gasteiger partial charge in [0.1, 0.15) is 17.5 Å². The lowest BCUT2D eigenvalue weighted by atomic mass is 10.2. The SMILES string of the molecule is CC(Cl)c1nc2ccc(F)cc2n1Cc1ccccc1F. The predicted molar refractivity (Wildman–Crippen MR) is 79.5 cm³/mol. The molecule has 21 heavy (non-hydrogen) atoms. The molecule has 0 fully saturated rings. The topological polar surface area (TPSA) is 17.8 Å². The van der Waals surface area contributed by atoms with Gasteiger partial charge in [0.05, 0.1) is 23.0 Å². The molecule has 0 aliphatic rings. The van der Waals surface area contributed by atoms with E-state index in [1.807, 2.05) is 0 Å². The third kappa shape index (κ3) is 2.63. The van der Waals surface area contributed by atoms with E-state index in [1.165, 1.54) is 18.2 Å². The molecule has 0 aliphatic heterocycles. The quantitative estimate of drug-likeness (QED) is 0.643. The van der Waals surface area contributed by atoms with Crippen molar-refractivity contribution < 1.29 is 8.78 Å². The van der Waals surface area contributed by atoms with Crippen LogP contribution in [-0.2, 0) is 6.54 Å². The summed E-state index contributed by atoms with van der Waals surface area (Å²) in [5, 5.41) is -0.354. The van der Waals surface area contributed by atoms with E-state index in [-0.39, 0.29) is 23.6 Å². The zero-order valence-corrected chi connectivity index (χ0v) is 12.1. The molecule has 1 unspecified atom stereocenters. The molecule has 1 atom stereocenters. The first-order chi connectivity index (χ1) is 10.1. The van der Waals surface area contributed by atoms with Crippen molar-refractivity contribution in [1.82, 2.24) is 9.55 Å². The molecule has 3 rings (SSSR count). The van der Waals surface area contributed by atoms with Crippen LogP contribution in [0.5, 0.6) is 0 Å². The zero-order chi connectivity index (χ0) is 15.0. The lowest BCUT2D eigenvalue weighted by Crippen LogP contribution is -2.07. The molecule has 108 valence electrons. The molecule has 0 aliphatic carbocycles. The van der Waals surface area contributed by atoms with Gasteiger partial charge in [-0.25, -0.2) is 13.8 Å². The Kier molecular flexibility index (Phi) is 3.64. The van der Waals surface area contributed by atoms with Gasteiger partial charge in [-0.1, -0.05) is 18.2 Å². The maximum absolute atomic E-state index is 13.9. The van der Waals surface area contributed by atoms with Crippen LogP contribution in [0.4, 0.5) is 8.78 Å². The summed E-state index contributed by atoms with van der Waals surface area (Å²) in [6, 6.07) is 10.8. The normalized spacial score (nSPS) is 12.8. The van der Waals surface area contributed by atoms with Crippen molar-refractivity contribution in [2.24, 2.45) is 0 Å². The Bertz CT molecular complexity index is 796. The average Bonchev–Trinajstić information content (AvgIpc) is 2.80. The second kappa shape index (κ2) is 5.45. The average molecular weight is 307 g/mol. The number of nitrogens with zero attached hydrogens (tertiary/aromatic N) is 2. The highest BCUT2D eigenvalue weighted by Crippen LogP contribution is 2.26. The van der Waals surface area contributed by atoms with Gasteiger partial charge in [0.2, 0.25) is 0 Å². The van der Waals surface area contributed by atoms with Gasteiger partial charge in [0.15, 0.2) is 0 Å². The van der Waals surface area contributed by atoms with Crippen molar-refractivity contribution in [3.05, 3.63) is 65.5 Å². The molecule has 0 saturated heterocycles. The summed E-state index contributed by atoms with van der Waals surface area (Å²) in [6.45, 7) is 2.05. The van der Waals surface area contributed by atoms with E-state index in [1.54, 1.807) is 35.8 Å². The first kappa shape index (κ1) is 14.0. The van der Waals surface area contributed by atoms with Crippen molar-refractivity contribution in [2.75, 3.05) is 0 Å². The maximum atomic E-state index is 13.9. The number of hydrogen-bond acceptors (Lipinski definition) is 1. The highest BCUT2D eigenvalue weighted by atomic mass is 35.5. The Morgan fingerprint density at radius 1 is 1.19 bits per heavy atom. The molecular formula is C16H13ClF2N2. The van der Waals surface area contributed by atoms with Gasteiger partial charge < -0.3 is 4.57 Å². The minimum atomic E-state index is -0.356. The van der Waals surface area contributed by atoms with Gasteiger partial charge in [-0.15, -0.1) is 11.6 Å². The molecule has 5 heteroatoms. The van der Waals surface area contributed by atoms with E-state index in [9.17, 15) is 8.78 Å². The highest BCUT2D eigenvalue weighted by molar-refractivity contribution is 6.20. The van der Waals surface area contributed by atoms with Gasteiger partial charge in [-0.2, -0.15) is 0 Å². The molecule has 0 bridgehead atoms. The second-order valence-corrected chi connectivity index (χ2v) is 5.55. The Morgan fingerprint density at radius 2 is 1.95 bits per heavy atom. The Labute approximate surface area is 126 Å². The number of imidazole rings is 1. The molecule has 0 amide bonds. The fourth-order valence-corrected chi connectivity index (χ4v) is 2.55. The van der Waals surface area contributed by atoms with Crippen LogP contribution in [0.1, 0.15) is 23.7 Å². The largest absolute Gasteiger partial charge is 0.322 e. The predicted octanol–water partition coefficient (Wildman–Crippen LogP) is 4.66. The maximum Gasteiger partial charge on any atom is 0.128 e. The zero-order valence-electron chi connectivity index (χ0n) is 11.4. The van der Waals surface area contributed by atoms with Crippen LogP contribution in [0, 0.1) is 11.6 Å². The van der Waals surface area contributed by atoms with E-state index in [0.717, 1.165) is 0 Å². The number of rotatable bonds is 3. The van der Waals surface area contributed by atoms with Gasteiger partial charge in [-0.05, 0) is 31.2 Å². The molecule has 0 spiro atoms.